The molecule has 0 unspecified atom stereocenters. The quantitative estimate of drug-likeness (QED) is 0.713. The number of allylic oxidation sites excluding steroid dienone is 1. The minimum Gasteiger partial charge on any atom is -0.480 e. The fourth-order valence-electron chi connectivity index (χ4n) is 1.95. The van der Waals surface area contributed by atoms with Gasteiger partial charge in [0.2, 0.25) is 5.91 Å². The largest absolute Gasteiger partial charge is 0.480 e. The molecule has 0 aromatic heterocycles. The number of carbonyl (C=O) groups is 2. The lowest BCUT2D eigenvalue weighted by atomic mass is 9.99. The first-order valence-electron chi connectivity index (χ1n) is 5.91. The Kier molecular flexibility index (Phi) is 5.15. The summed E-state index contributed by atoms with van der Waals surface area (Å²) in [4.78, 5) is 24.2. The summed E-state index contributed by atoms with van der Waals surface area (Å²) < 4.78 is 0. The molecule has 0 aliphatic carbocycles. The van der Waals surface area contributed by atoms with E-state index in [9.17, 15) is 14.7 Å². The lowest BCUT2D eigenvalue weighted by molar-refractivity contribution is -0.154. The average Bonchev–Trinajstić information content (AvgIpc) is 2.29. The van der Waals surface area contributed by atoms with E-state index in [1.54, 1.807) is 6.08 Å². The maximum absolute atomic E-state index is 11.8. The third-order valence-electron chi connectivity index (χ3n) is 2.88. The van der Waals surface area contributed by atoms with Crippen LogP contribution in [0.1, 0.15) is 32.6 Å². The molecule has 5 heteroatoms. The molecule has 0 saturated carbocycles. The molecule has 0 spiro atoms. The van der Waals surface area contributed by atoms with Crippen LogP contribution in [0.4, 0.5) is 0 Å². The van der Waals surface area contributed by atoms with Gasteiger partial charge in [0.05, 0.1) is 6.10 Å². The Balaban J connectivity index is 2.63. The Bertz CT molecular complexity index is 314. The van der Waals surface area contributed by atoms with Crippen LogP contribution in [0.3, 0.4) is 0 Å². The number of rotatable bonds is 4. The molecular weight excluding hydrogens is 222 g/mol. The van der Waals surface area contributed by atoms with E-state index < -0.39 is 18.1 Å². The zero-order chi connectivity index (χ0) is 12.8. The molecule has 0 radical (unpaired) electrons. The van der Waals surface area contributed by atoms with Crippen LogP contribution in [0, 0.1) is 0 Å². The van der Waals surface area contributed by atoms with Crippen LogP contribution in [0.25, 0.3) is 0 Å². The van der Waals surface area contributed by atoms with Gasteiger partial charge in [-0.1, -0.05) is 19.1 Å². The molecule has 1 heterocycles. The van der Waals surface area contributed by atoms with Crippen molar-refractivity contribution in [2.45, 2.75) is 44.8 Å². The highest BCUT2D eigenvalue weighted by Crippen LogP contribution is 2.19. The van der Waals surface area contributed by atoms with Crippen LogP contribution in [0.2, 0.25) is 0 Å². The summed E-state index contributed by atoms with van der Waals surface area (Å²) in [6, 6.07) is -0.888. The Hall–Kier alpha value is -1.36. The van der Waals surface area contributed by atoms with E-state index in [4.69, 9.17) is 5.11 Å². The molecule has 96 valence electrons. The smallest absolute Gasteiger partial charge is 0.326 e. The van der Waals surface area contributed by atoms with Gasteiger partial charge in [0.15, 0.2) is 0 Å². The first kappa shape index (κ1) is 13.7. The van der Waals surface area contributed by atoms with E-state index in [-0.39, 0.29) is 18.7 Å². The van der Waals surface area contributed by atoms with E-state index in [0.29, 0.717) is 13.0 Å². The van der Waals surface area contributed by atoms with Gasteiger partial charge in [0, 0.05) is 19.4 Å². The van der Waals surface area contributed by atoms with Gasteiger partial charge < -0.3 is 15.1 Å². The molecular formula is C12H19NO4. The average molecular weight is 241 g/mol. The van der Waals surface area contributed by atoms with Crippen molar-refractivity contribution in [2.75, 3.05) is 6.54 Å². The number of aliphatic hydroxyl groups is 1. The second-order valence-electron chi connectivity index (χ2n) is 4.20. The number of hydrogen-bond acceptors (Lipinski definition) is 3. The first-order valence-corrected chi connectivity index (χ1v) is 5.91. The highest BCUT2D eigenvalue weighted by atomic mass is 16.4. The van der Waals surface area contributed by atoms with Gasteiger partial charge in [-0.15, -0.1) is 0 Å². The molecule has 1 aliphatic heterocycles. The predicted molar refractivity (Wildman–Crippen MR) is 62.4 cm³/mol. The molecule has 5 nitrogen and oxygen atoms in total. The van der Waals surface area contributed by atoms with Crippen LogP contribution in [-0.4, -0.2) is 45.7 Å². The summed E-state index contributed by atoms with van der Waals surface area (Å²) in [5.41, 5.74) is 0. The van der Waals surface area contributed by atoms with E-state index in [0.717, 1.165) is 6.42 Å². The third kappa shape index (κ3) is 3.85. The summed E-state index contributed by atoms with van der Waals surface area (Å²) >= 11 is 0. The van der Waals surface area contributed by atoms with Crippen LogP contribution in [0.5, 0.6) is 0 Å². The second kappa shape index (κ2) is 6.39. The number of hydrogen-bond donors (Lipinski definition) is 2. The van der Waals surface area contributed by atoms with Gasteiger partial charge in [0.25, 0.3) is 0 Å². The van der Waals surface area contributed by atoms with Gasteiger partial charge in [-0.05, 0) is 12.8 Å². The molecule has 0 bridgehead atoms. The highest BCUT2D eigenvalue weighted by molar-refractivity contribution is 5.84. The normalized spacial score (nSPS) is 25.2. The lowest BCUT2D eigenvalue weighted by Gasteiger charge is -2.35. The first-order chi connectivity index (χ1) is 8.06. The second-order valence-corrected chi connectivity index (χ2v) is 4.20. The number of likely N-dealkylation sites (tertiary alicyclic amines) is 1. The lowest BCUT2D eigenvalue weighted by Crippen LogP contribution is -2.51. The maximum Gasteiger partial charge on any atom is 0.326 e. The molecule has 0 aromatic carbocycles. The summed E-state index contributed by atoms with van der Waals surface area (Å²) in [5, 5.41) is 18.5. The van der Waals surface area contributed by atoms with Crippen molar-refractivity contribution in [1.29, 1.82) is 0 Å². The number of aliphatic hydroxyl groups excluding tert-OH is 1. The number of amides is 1. The van der Waals surface area contributed by atoms with Crippen molar-refractivity contribution in [3.8, 4) is 0 Å². The summed E-state index contributed by atoms with van der Waals surface area (Å²) in [6.45, 7) is 2.29. The molecule has 0 aromatic rings. The predicted octanol–water partition coefficient (Wildman–Crippen LogP) is 0.779. The van der Waals surface area contributed by atoms with E-state index in [2.05, 4.69) is 0 Å². The summed E-state index contributed by atoms with van der Waals surface area (Å²) in [5.74, 6) is -1.23. The molecule has 1 fully saturated rings. The number of carboxylic acids is 1. The SMILES string of the molecule is CC/C=C/CC(=O)N1CC[C@H](O)C[C@@H]1C(=O)O. The van der Waals surface area contributed by atoms with E-state index >= 15 is 0 Å². The molecule has 1 aliphatic rings. The van der Waals surface area contributed by atoms with E-state index in [1.807, 2.05) is 13.0 Å². The van der Waals surface area contributed by atoms with Crippen molar-refractivity contribution in [3.05, 3.63) is 12.2 Å². The number of aliphatic carboxylic acids is 1. The molecule has 1 saturated heterocycles. The van der Waals surface area contributed by atoms with Gasteiger partial charge in [-0.25, -0.2) is 4.79 Å². The number of carboxylic acid groups (broad SMARTS) is 1. The van der Waals surface area contributed by atoms with Crippen molar-refractivity contribution in [3.63, 3.8) is 0 Å². The van der Waals surface area contributed by atoms with Gasteiger partial charge in [-0.2, -0.15) is 0 Å². The van der Waals surface area contributed by atoms with Gasteiger partial charge in [-0.3, -0.25) is 4.79 Å². The minimum atomic E-state index is -1.04. The zero-order valence-corrected chi connectivity index (χ0v) is 10.0. The molecule has 17 heavy (non-hydrogen) atoms. The van der Waals surface area contributed by atoms with Crippen molar-refractivity contribution in [1.82, 2.24) is 4.90 Å². The molecule has 1 rings (SSSR count). The van der Waals surface area contributed by atoms with Gasteiger partial charge in [0.1, 0.15) is 6.04 Å². The summed E-state index contributed by atoms with van der Waals surface area (Å²) in [7, 11) is 0. The van der Waals surface area contributed by atoms with Crippen LogP contribution < -0.4 is 0 Å². The maximum atomic E-state index is 11.8. The molecule has 2 N–H and O–H groups in total. The van der Waals surface area contributed by atoms with Crippen LogP contribution in [-0.2, 0) is 9.59 Å². The Morgan fingerprint density at radius 1 is 1.41 bits per heavy atom. The van der Waals surface area contributed by atoms with Crippen molar-refractivity contribution >= 4 is 11.9 Å². The van der Waals surface area contributed by atoms with Crippen LogP contribution >= 0.6 is 0 Å². The third-order valence-corrected chi connectivity index (χ3v) is 2.88. The van der Waals surface area contributed by atoms with Crippen LogP contribution in [0.15, 0.2) is 12.2 Å². The molecule has 1 amide bonds. The monoisotopic (exact) mass is 241 g/mol. The minimum absolute atomic E-state index is 0.124. The number of piperidine rings is 1. The summed E-state index contributed by atoms with van der Waals surface area (Å²) in [6.07, 6.45) is 4.68. The number of nitrogens with zero attached hydrogens (tertiary/aromatic N) is 1. The van der Waals surface area contributed by atoms with E-state index in [1.165, 1.54) is 4.90 Å². The van der Waals surface area contributed by atoms with Crippen molar-refractivity contribution < 1.29 is 19.8 Å². The van der Waals surface area contributed by atoms with Gasteiger partial charge >= 0.3 is 5.97 Å². The Labute approximate surface area is 101 Å². The Morgan fingerprint density at radius 3 is 2.71 bits per heavy atom. The fourth-order valence-corrected chi connectivity index (χ4v) is 1.95. The topological polar surface area (TPSA) is 77.8 Å². The zero-order valence-electron chi connectivity index (χ0n) is 10.0. The van der Waals surface area contributed by atoms with Crippen molar-refractivity contribution in [2.24, 2.45) is 0 Å². The Morgan fingerprint density at radius 2 is 2.12 bits per heavy atom. The molecule has 2 atom stereocenters. The fraction of sp³-hybridized carbons (Fsp3) is 0.667. The standard InChI is InChI=1S/C12H19NO4/c1-2-3-4-5-11(15)13-7-6-9(14)8-10(13)12(16)17/h3-4,9-10,14H,2,5-8H2,1H3,(H,16,17)/b4-3+/t9-,10+/m0/s1. The number of carbonyl (C=O) groups excluding carboxylic acids is 1. The highest BCUT2D eigenvalue weighted by Gasteiger charge is 2.34.